The molecule has 0 radical (unpaired) electrons. The molecule has 7 rings (SSSR count). The van der Waals surface area contributed by atoms with Gasteiger partial charge in [-0.3, -0.25) is 9.78 Å². The topological polar surface area (TPSA) is 106 Å². The first-order chi connectivity index (χ1) is 24.6. The number of nitrogens with one attached hydrogen (secondary N) is 1. The van der Waals surface area contributed by atoms with E-state index in [1.54, 1.807) is 18.6 Å². The average molecular weight is 673 g/mol. The molecule has 262 valence electrons. The van der Waals surface area contributed by atoms with Crippen LogP contribution in [0.4, 0.5) is 11.5 Å². The molecular weight excluding hydrogens is 621 g/mol. The zero-order chi connectivity index (χ0) is 34.1. The number of benzene rings is 2. The van der Waals surface area contributed by atoms with Crippen LogP contribution < -0.4 is 15.8 Å². The summed E-state index contributed by atoms with van der Waals surface area (Å²) < 4.78 is 5.87. The number of piperidine rings is 1. The Balaban J connectivity index is 0.768. The fraction of sp³-hybridized carbons (Fsp3) is 0.476. The highest BCUT2D eigenvalue weighted by Gasteiger charge is 2.25. The molecule has 0 bridgehead atoms. The van der Waals surface area contributed by atoms with Crippen LogP contribution in [0, 0.1) is 0 Å². The Morgan fingerprint density at radius 2 is 1.54 bits per heavy atom. The summed E-state index contributed by atoms with van der Waals surface area (Å²) in [7, 11) is 0. The van der Waals surface area contributed by atoms with Crippen molar-refractivity contribution in [3.8, 4) is 17.1 Å². The Morgan fingerprint density at radius 1 is 0.860 bits per heavy atom. The number of pyridine rings is 1. The summed E-state index contributed by atoms with van der Waals surface area (Å²) in [5.41, 5.74) is 17.2. The molecule has 0 saturated carbocycles. The molecule has 1 fully saturated rings. The molecule has 0 atom stereocenters. The average Bonchev–Trinajstić information content (AvgIpc) is 3.83. The maximum Gasteiger partial charge on any atom is 0.258 e. The van der Waals surface area contributed by atoms with Gasteiger partial charge in [0.05, 0.1) is 11.9 Å². The minimum atomic E-state index is 0.215. The first kappa shape index (κ1) is 34.2. The number of anilines is 2. The molecule has 4 aromatic rings. The summed E-state index contributed by atoms with van der Waals surface area (Å²) in [4.78, 5) is 28.5. The zero-order valence-corrected chi connectivity index (χ0v) is 29.5. The van der Waals surface area contributed by atoms with Gasteiger partial charge in [0, 0.05) is 30.1 Å². The molecule has 2 aromatic heterocycles. The van der Waals surface area contributed by atoms with Gasteiger partial charge in [-0.05, 0) is 135 Å². The molecule has 0 unspecified atom stereocenters. The lowest BCUT2D eigenvalue weighted by atomic mass is 9.88. The summed E-state index contributed by atoms with van der Waals surface area (Å²) in [5, 5.41) is 3.37. The maximum atomic E-state index is 12.9. The third-order valence-electron chi connectivity index (χ3n) is 11.0. The molecule has 0 spiro atoms. The van der Waals surface area contributed by atoms with Crippen molar-refractivity contribution in [1.29, 1.82) is 0 Å². The number of hydrogen-bond acceptors (Lipinski definition) is 7. The smallest absolute Gasteiger partial charge is 0.258 e. The van der Waals surface area contributed by atoms with E-state index < -0.39 is 0 Å². The third kappa shape index (κ3) is 8.52. The van der Waals surface area contributed by atoms with Gasteiger partial charge in [-0.2, -0.15) is 0 Å². The Hall–Kier alpha value is -4.30. The monoisotopic (exact) mass is 672 g/mol. The quantitative estimate of drug-likeness (QED) is 0.123. The van der Waals surface area contributed by atoms with Crippen LogP contribution >= 0.6 is 0 Å². The largest absolute Gasteiger partial charge is 0.470 e. The van der Waals surface area contributed by atoms with Gasteiger partial charge in [0.25, 0.3) is 5.88 Å². The summed E-state index contributed by atoms with van der Waals surface area (Å²) in [5.74, 6) is 1.45. The van der Waals surface area contributed by atoms with E-state index in [9.17, 15) is 4.79 Å². The van der Waals surface area contributed by atoms with Crippen LogP contribution in [-0.4, -0.2) is 45.4 Å². The highest BCUT2D eigenvalue weighted by Crippen LogP contribution is 2.39. The number of fused-ring (bicyclic) bond motifs is 2. The van der Waals surface area contributed by atoms with Crippen molar-refractivity contribution in [3.63, 3.8) is 0 Å². The molecule has 3 aliphatic rings. The van der Waals surface area contributed by atoms with E-state index in [4.69, 9.17) is 10.5 Å². The fourth-order valence-electron chi connectivity index (χ4n) is 8.17. The van der Waals surface area contributed by atoms with E-state index in [2.05, 4.69) is 55.5 Å². The number of hydrogen-bond donors (Lipinski definition) is 2. The van der Waals surface area contributed by atoms with Crippen LogP contribution in [-0.2, 0) is 37.1 Å². The normalized spacial score (nSPS) is 15.9. The van der Waals surface area contributed by atoms with Gasteiger partial charge < -0.3 is 20.7 Å². The lowest BCUT2D eigenvalue weighted by Crippen LogP contribution is -2.33. The van der Waals surface area contributed by atoms with Gasteiger partial charge in [-0.15, -0.1) is 0 Å². The van der Waals surface area contributed by atoms with Crippen molar-refractivity contribution in [2.75, 3.05) is 30.7 Å². The van der Waals surface area contributed by atoms with Gasteiger partial charge in [0.15, 0.2) is 5.82 Å². The van der Waals surface area contributed by atoms with Crippen molar-refractivity contribution < 1.29 is 9.53 Å². The lowest BCUT2D eigenvalue weighted by molar-refractivity contribution is -0.116. The second-order valence-corrected chi connectivity index (χ2v) is 14.5. The highest BCUT2D eigenvalue weighted by molar-refractivity contribution is 5.93. The number of aromatic nitrogens is 3. The molecule has 8 nitrogen and oxygen atoms in total. The number of aryl methyl sites for hydroxylation is 2. The number of nitrogens with zero attached hydrogens (tertiary/aromatic N) is 4. The van der Waals surface area contributed by atoms with Crippen LogP contribution in [0.25, 0.3) is 11.3 Å². The van der Waals surface area contributed by atoms with Crippen LogP contribution in [0.15, 0.2) is 61.1 Å². The number of unbranched alkanes of at least 4 members (excludes halogenated alkanes) is 5. The summed E-state index contributed by atoms with van der Waals surface area (Å²) in [6, 6.07) is 15.0. The van der Waals surface area contributed by atoms with Crippen molar-refractivity contribution >= 4 is 17.4 Å². The summed E-state index contributed by atoms with van der Waals surface area (Å²) in [6.45, 7) is 3.89. The van der Waals surface area contributed by atoms with Crippen LogP contribution in [0.1, 0.15) is 110 Å². The van der Waals surface area contributed by atoms with E-state index in [-0.39, 0.29) is 11.7 Å². The number of amides is 1. The Morgan fingerprint density at radius 3 is 2.26 bits per heavy atom. The molecule has 2 aromatic carbocycles. The molecule has 3 N–H and O–H groups in total. The summed E-state index contributed by atoms with van der Waals surface area (Å²) >= 11 is 0. The minimum absolute atomic E-state index is 0.215. The maximum absolute atomic E-state index is 12.9. The molecule has 1 saturated heterocycles. The third-order valence-corrected chi connectivity index (χ3v) is 11.0. The standard InChI is InChI=1S/C42H52N6O2/c43-41-42(50-29-30-18-22-44-23-19-30)46-38(28-45-41)33-16-14-31(15-17-33)32-20-25-48(26-21-32)24-6-4-2-1-3-5-13-39(49)47-40-36-11-7-9-34(36)27-35-10-8-12-37(35)40/h14-19,22-23,27-28,32H,1-13,20-21,24-26,29H2,(H2,43,45)(H,47,49). The number of carbonyl (C=O) groups is 1. The van der Waals surface area contributed by atoms with E-state index >= 15 is 0 Å². The van der Waals surface area contributed by atoms with Gasteiger partial charge in [0.2, 0.25) is 5.91 Å². The van der Waals surface area contributed by atoms with Crippen LogP contribution in [0.2, 0.25) is 0 Å². The van der Waals surface area contributed by atoms with E-state index in [0.717, 1.165) is 55.6 Å². The van der Waals surface area contributed by atoms with Gasteiger partial charge in [0.1, 0.15) is 6.61 Å². The SMILES string of the molecule is Nc1ncc(-c2ccc(C3CCN(CCCCCCCCC(=O)Nc4c5c(cc6c4CCC6)CCC5)CC3)cc2)nc1OCc1ccncc1. The minimum Gasteiger partial charge on any atom is -0.470 e. The second-order valence-electron chi connectivity index (χ2n) is 14.5. The van der Waals surface area contributed by atoms with Crippen LogP contribution in [0.5, 0.6) is 5.88 Å². The van der Waals surface area contributed by atoms with Gasteiger partial charge in [-0.1, -0.05) is 56.0 Å². The predicted molar refractivity (Wildman–Crippen MR) is 200 cm³/mol. The van der Waals surface area contributed by atoms with Gasteiger partial charge in [-0.25, -0.2) is 9.97 Å². The zero-order valence-electron chi connectivity index (χ0n) is 29.5. The number of ether oxygens (including phenoxy) is 1. The Bertz CT molecular complexity index is 1700. The Labute approximate surface area is 297 Å². The lowest BCUT2D eigenvalue weighted by Gasteiger charge is -2.32. The van der Waals surface area contributed by atoms with E-state index in [0.29, 0.717) is 24.8 Å². The first-order valence-corrected chi connectivity index (χ1v) is 19.0. The highest BCUT2D eigenvalue weighted by atomic mass is 16.5. The van der Waals surface area contributed by atoms with Crippen LogP contribution in [0.3, 0.4) is 0 Å². The number of carbonyl (C=O) groups excluding carboxylic acids is 1. The van der Waals surface area contributed by atoms with Crippen molar-refractivity contribution in [1.82, 2.24) is 19.9 Å². The van der Waals surface area contributed by atoms with Crippen molar-refractivity contribution in [2.45, 2.75) is 109 Å². The molecule has 3 heterocycles. The number of likely N-dealkylation sites (tertiary alicyclic amines) is 1. The van der Waals surface area contributed by atoms with E-state index in [1.165, 1.54) is 104 Å². The molecule has 1 amide bonds. The molecule has 8 heteroatoms. The summed E-state index contributed by atoms with van der Waals surface area (Å²) in [6.07, 6.45) is 22.5. The molecule has 1 aliphatic heterocycles. The van der Waals surface area contributed by atoms with Crippen molar-refractivity contribution in [3.05, 3.63) is 94.4 Å². The second kappa shape index (κ2) is 16.6. The number of nitrogen functional groups attached to an aromatic ring is 1. The van der Waals surface area contributed by atoms with E-state index in [1.807, 2.05) is 12.1 Å². The Kier molecular flexibility index (Phi) is 11.3. The predicted octanol–water partition coefficient (Wildman–Crippen LogP) is 8.23. The van der Waals surface area contributed by atoms with Gasteiger partial charge >= 0.3 is 0 Å². The number of nitrogens with two attached hydrogens (primary N) is 1. The molecule has 50 heavy (non-hydrogen) atoms. The van der Waals surface area contributed by atoms with Crippen molar-refractivity contribution in [2.24, 2.45) is 0 Å². The fourth-order valence-corrected chi connectivity index (χ4v) is 8.17. The molecular formula is C42H52N6O2. The first-order valence-electron chi connectivity index (χ1n) is 19.0. The number of rotatable bonds is 15. The molecule has 2 aliphatic carbocycles.